The minimum Gasteiger partial charge on any atom is -0.451 e. The van der Waals surface area contributed by atoms with Crippen molar-refractivity contribution in [1.29, 1.82) is 0 Å². The fourth-order valence-electron chi connectivity index (χ4n) is 2.84. The van der Waals surface area contributed by atoms with E-state index in [1.165, 1.54) is 0 Å². The van der Waals surface area contributed by atoms with Crippen molar-refractivity contribution in [1.82, 2.24) is 9.88 Å². The van der Waals surface area contributed by atoms with Gasteiger partial charge in [-0.25, -0.2) is 4.98 Å². The van der Waals surface area contributed by atoms with E-state index in [-0.39, 0.29) is 17.7 Å². The maximum atomic E-state index is 12.9. The lowest BCUT2D eigenvalue weighted by Gasteiger charge is -2.22. The Labute approximate surface area is 166 Å². The van der Waals surface area contributed by atoms with E-state index in [0.29, 0.717) is 10.8 Å². The highest BCUT2D eigenvalue weighted by molar-refractivity contribution is 7.18. The molecule has 0 aliphatic carbocycles. The molecule has 27 heavy (non-hydrogen) atoms. The van der Waals surface area contributed by atoms with Crippen LogP contribution in [-0.4, -0.2) is 22.8 Å². The second-order valence-corrected chi connectivity index (χ2v) is 7.73. The van der Waals surface area contributed by atoms with E-state index in [9.17, 15) is 4.79 Å². The Morgan fingerprint density at radius 3 is 2.63 bits per heavy atom. The van der Waals surface area contributed by atoms with Crippen molar-refractivity contribution in [2.45, 2.75) is 13.0 Å². The van der Waals surface area contributed by atoms with Crippen LogP contribution in [0.2, 0.25) is 5.02 Å². The molecule has 4 nitrogen and oxygen atoms in total. The number of hydrogen-bond acceptors (Lipinski definition) is 4. The van der Waals surface area contributed by atoms with Crippen LogP contribution in [0, 0.1) is 0 Å². The molecule has 0 unspecified atom stereocenters. The maximum absolute atomic E-state index is 12.9. The molecule has 0 N–H and O–H groups in total. The Bertz CT molecular complexity index is 1090. The van der Waals surface area contributed by atoms with Gasteiger partial charge in [0.05, 0.1) is 21.3 Å². The highest BCUT2D eigenvalue weighted by Crippen LogP contribution is 2.32. The number of rotatable bonds is 4. The summed E-state index contributed by atoms with van der Waals surface area (Å²) < 4.78 is 6.90. The summed E-state index contributed by atoms with van der Waals surface area (Å²) in [6, 6.07) is 18.6. The highest BCUT2D eigenvalue weighted by Gasteiger charge is 2.24. The van der Waals surface area contributed by atoms with Crippen molar-refractivity contribution in [2.75, 3.05) is 7.05 Å². The number of amides is 1. The predicted octanol–water partition coefficient (Wildman–Crippen LogP) is 6.04. The number of furan rings is 1. The van der Waals surface area contributed by atoms with Crippen molar-refractivity contribution >= 4 is 39.1 Å². The fraction of sp³-hybridized carbons (Fsp3) is 0.143. The molecule has 0 spiro atoms. The van der Waals surface area contributed by atoms with Crippen LogP contribution in [0.3, 0.4) is 0 Å². The number of fused-ring (bicyclic) bond motifs is 1. The number of carbonyl (C=O) groups is 1. The van der Waals surface area contributed by atoms with E-state index >= 15 is 0 Å². The van der Waals surface area contributed by atoms with Crippen LogP contribution in [0.15, 0.2) is 65.1 Å². The van der Waals surface area contributed by atoms with Gasteiger partial charge in [-0.15, -0.1) is 11.3 Å². The Hall–Kier alpha value is -2.63. The Morgan fingerprint density at radius 2 is 1.85 bits per heavy atom. The molecule has 0 radical (unpaired) electrons. The Balaban J connectivity index is 1.58. The molecule has 1 atom stereocenters. The van der Waals surface area contributed by atoms with Gasteiger partial charge >= 0.3 is 0 Å². The van der Waals surface area contributed by atoms with Crippen LogP contribution in [0.4, 0.5) is 0 Å². The zero-order valence-corrected chi connectivity index (χ0v) is 16.4. The SMILES string of the molecule is C[C@@H](c1nc2ccccc2s1)N(C)C(=O)c1ccc(-c2ccccc2Cl)o1. The van der Waals surface area contributed by atoms with Gasteiger partial charge in [0.1, 0.15) is 10.8 Å². The van der Waals surface area contributed by atoms with Gasteiger partial charge in [0.25, 0.3) is 5.91 Å². The van der Waals surface area contributed by atoms with Gasteiger partial charge in [-0.2, -0.15) is 0 Å². The molecule has 1 amide bonds. The number of thiazole rings is 1. The molecule has 136 valence electrons. The van der Waals surface area contributed by atoms with E-state index in [4.69, 9.17) is 16.0 Å². The van der Waals surface area contributed by atoms with Crippen LogP contribution in [-0.2, 0) is 0 Å². The molecule has 2 aromatic heterocycles. The fourth-order valence-corrected chi connectivity index (χ4v) is 4.13. The maximum Gasteiger partial charge on any atom is 0.289 e. The van der Waals surface area contributed by atoms with E-state index < -0.39 is 0 Å². The second kappa shape index (κ2) is 7.18. The largest absolute Gasteiger partial charge is 0.451 e. The molecule has 0 aliphatic rings. The lowest BCUT2D eigenvalue weighted by molar-refractivity contribution is 0.0711. The van der Waals surface area contributed by atoms with Crippen LogP contribution < -0.4 is 0 Å². The van der Waals surface area contributed by atoms with Gasteiger partial charge in [0.2, 0.25) is 0 Å². The van der Waals surface area contributed by atoms with Gasteiger partial charge in [-0.1, -0.05) is 35.9 Å². The quantitative estimate of drug-likeness (QED) is 0.422. The van der Waals surface area contributed by atoms with Gasteiger partial charge in [-0.3, -0.25) is 4.79 Å². The van der Waals surface area contributed by atoms with Crippen LogP contribution in [0.25, 0.3) is 21.5 Å². The summed E-state index contributed by atoms with van der Waals surface area (Å²) in [5.41, 5.74) is 1.71. The zero-order valence-electron chi connectivity index (χ0n) is 14.8. The standard InChI is InChI=1S/C21H17ClN2O2S/c1-13(20-23-16-9-5-6-10-19(16)27-20)24(2)21(25)18-12-11-17(26-18)14-7-3-4-8-15(14)22/h3-13H,1-2H3/t13-/m0/s1. The Morgan fingerprint density at radius 1 is 1.11 bits per heavy atom. The van der Waals surface area contributed by atoms with Crippen molar-refractivity contribution < 1.29 is 9.21 Å². The summed E-state index contributed by atoms with van der Waals surface area (Å²) in [5, 5.41) is 1.48. The number of benzene rings is 2. The van der Waals surface area contributed by atoms with Gasteiger partial charge in [-0.05, 0) is 43.3 Å². The molecule has 0 saturated carbocycles. The van der Waals surface area contributed by atoms with Gasteiger partial charge in [0.15, 0.2) is 5.76 Å². The van der Waals surface area contributed by atoms with E-state index in [0.717, 1.165) is 20.8 Å². The number of nitrogens with zero attached hydrogens (tertiary/aromatic N) is 2. The lowest BCUT2D eigenvalue weighted by atomic mass is 10.2. The molecule has 4 rings (SSSR count). The topological polar surface area (TPSA) is 46.3 Å². The number of aromatic nitrogens is 1. The third-order valence-corrected chi connectivity index (χ3v) is 6.06. The molecule has 0 bridgehead atoms. The van der Waals surface area contributed by atoms with Crippen molar-refractivity contribution in [2.24, 2.45) is 0 Å². The minimum absolute atomic E-state index is 0.163. The van der Waals surface area contributed by atoms with Crippen molar-refractivity contribution in [3.8, 4) is 11.3 Å². The molecule has 2 heterocycles. The van der Waals surface area contributed by atoms with Crippen LogP contribution >= 0.6 is 22.9 Å². The molecule has 0 saturated heterocycles. The first-order valence-corrected chi connectivity index (χ1v) is 9.71. The normalized spacial score (nSPS) is 12.3. The van der Waals surface area contributed by atoms with Crippen LogP contribution in [0.1, 0.15) is 28.5 Å². The van der Waals surface area contributed by atoms with Gasteiger partial charge < -0.3 is 9.32 Å². The third kappa shape index (κ3) is 3.36. The zero-order chi connectivity index (χ0) is 19.0. The summed E-state index contributed by atoms with van der Waals surface area (Å²) >= 11 is 7.81. The summed E-state index contributed by atoms with van der Waals surface area (Å²) in [6.45, 7) is 1.97. The van der Waals surface area contributed by atoms with E-state index in [1.54, 1.807) is 41.5 Å². The molecular formula is C21H17ClN2O2S. The summed E-state index contributed by atoms with van der Waals surface area (Å²) in [6.07, 6.45) is 0. The first kappa shape index (κ1) is 17.8. The van der Waals surface area contributed by atoms with E-state index in [2.05, 4.69) is 4.98 Å². The smallest absolute Gasteiger partial charge is 0.289 e. The number of hydrogen-bond donors (Lipinski definition) is 0. The lowest BCUT2D eigenvalue weighted by Crippen LogP contribution is -2.29. The van der Waals surface area contributed by atoms with E-state index in [1.807, 2.05) is 49.4 Å². The third-order valence-electron chi connectivity index (χ3n) is 4.53. The minimum atomic E-state index is -0.194. The molecule has 0 fully saturated rings. The average Bonchev–Trinajstić information content (AvgIpc) is 3.33. The summed E-state index contributed by atoms with van der Waals surface area (Å²) in [7, 11) is 1.76. The predicted molar refractivity (Wildman–Crippen MR) is 109 cm³/mol. The number of halogens is 1. The molecule has 0 aliphatic heterocycles. The monoisotopic (exact) mass is 396 g/mol. The number of carbonyl (C=O) groups excluding carboxylic acids is 1. The highest BCUT2D eigenvalue weighted by atomic mass is 35.5. The van der Waals surface area contributed by atoms with Crippen LogP contribution in [0.5, 0.6) is 0 Å². The second-order valence-electron chi connectivity index (χ2n) is 6.26. The molecular weight excluding hydrogens is 380 g/mol. The first-order chi connectivity index (χ1) is 13.0. The average molecular weight is 397 g/mol. The molecule has 4 aromatic rings. The van der Waals surface area contributed by atoms with Gasteiger partial charge in [0, 0.05) is 12.6 Å². The summed E-state index contributed by atoms with van der Waals surface area (Å²) in [4.78, 5) is 19.2. The molecule has 6 heteroatoms. The first-order valence-electron chi connectivity index (χ1n) is 8.52. The summed E-state index contributed by atoms with van der Waals surface area (Å²) in [5.74, 6) is 0.658. The van der Waals surface area contributed by atoms with Crippen molar-refractivity contribution in [3.05, 3.63) is 76.5 Å². The van der Waals surface area contributed by atoms with Crippen molar-refractivity contribution in [3.63, 3.8) is 0 Å². The Kier molecular flexibility index (Phi) is 4.72. The molecule has 2 aromatic carbocycles. The number of para-hydroxylation sites is 1.